The van der Waals surface area contributed by atoms with Gasteiger partial charge in [0.25, 0.3) is 5.56 Å². The van der Waals surface area contributed by atoms with E-state index in [-0.39, 0.29) is 5.56 Å². The molecule has 0 spiro atoms. The zero-order valence-corrected chi connectivity index (χ0v) is 13.4. The lowest BCUT2D eigenvalue weighted by atomic mass is 10.2. The number of hydrogen-bond acceptors (Lipinski definition) is 2. The molecule has 0 aliphatic carbocycles. The minimum absolute atomic E-state index is 0.00913. The van der Waals surface area contributed by atoms with E-state index in [0.29, 0.717) is 6.54 Å². The first-order chi connectivity index (χ1) is 8.60. The van der Waals surface area contributed by atoms with Crippen LogP contribution in [0.4, 0.5) is 0 Å². The predicted octanol–water partition coefficient (Wildman–Crippen LogP) is 3.27. The highest BCUT2D eigenvalue weighted by Gasteiger charge is 2.05. The minimum Gasteiger partial charge on any atom is -0.497 e. The molecule has 0 unspecified atom stereocenters. The zero-order valence-electron chi connectivity index (χ0n) is 9.69. The van der Waals surface area contributed by atoms with Gasteiger partial charge in [0, 0.05) is 20.3 Å². The third-order valence-electron chi connectivity index (χ3n) is 2.54. The van der Waals surface area contributed by atoms with E-state index >= 15 is 0 Å². The maximum absolute atomic E-state index is 11.8. The molecule has 0 fully saturated rings. The van der Waals surface area contributed by atoms with Crippen molar-refractivity contribution >= 4 is 38.5 Å². The summed E-state index contributed by atoms with van der Waals surface area (Å²) in [5, 5.41) is 0. The second-order valence-corrected chi connectivity index (χ2v) is 5.87. The van der Waals surface area contributed by atoms with E-state index in [1.165, 1.54) is 0 Å². The summed E-state index contributed by atoms with van der Waals surface area (Å²) in [6.45, 7) is 0.521. The number of rotatable bonds is 3. The molecule has 5 heteroatoms. The van der Waals surface area contributed by atoms with Crippen molar-refractivity contribution in [2.75, 3.05) is 7.11 Å². The van der Waals surface area contributed by atoms with Gasteiger partial charge in [-0.1, -0.05) is 15.9 Å². The molecule has 2 aromatic rings. The summed E-state index contributed by atoms with van der Waals surface area (Å²) in [6, 6.07) is 9.12. The average Bonchev–Trinajstić information content (AvgIpc) is 2.36. The molecule has 18 heavy (non-hydrogen) atoms. The Kier molecular flexibility index (Phi) is 4.45. The first-order valence-corrected chi connectivity index (χ1v) is 7.16. The number of benzene rings is 1. The lowest BCUT2D eigenvalue weighted by Gasteiger charge is -2.09. The SMILES string of the molecule is COc1ccc(Br)c(Cn2cc(I)ccc2=O)c1. The molecule has 1 heterocycles. The van der Waals surface area contributed by atoms with Gasteiger partial charge in [0.05, 0.1) is 13.7 Å². The lowest BCUT2D eigenvalue weighted by Crippen LogP contribution is -2.19. The van der Waals surface area contributed by atoms with Crippen molar-refractivity contribution in [3.05, 3.63) is 60.5 Å². The normalized spacial score (nSPS) is 10.4. The number of pyridine rings is 1. The van der Waals surface area contributed by atoms with Gasteiger partial charge in [-0.15, -0.1) is 0 Å². The van der Waals surface area contributed by atoms with Crippen molar-refractivity contribution < 1.29 is 4.74 Å². The van der Waals surface area contributed by atoms with Crippen LogP contribution in [0, 0.1) is 3.57 Å². The summed E-state index contributed by atoms with van der Waals surface area (Å²) in [5.74, 6) is 0.784. The summed E-state index contributed by atoms with van der Waals surface area (Å²) in [5.41, 5.74) is 1.00. The van der Waals surface area contributed by atoms with Crippen LogP contribution in [0.2, 0.25) is 0 Å². The summed E-state index contributed by atoms with van der Waals surface area (Å²) in [4.78, 5) is 11.8. The number of nitrogens with zero attached hydrogens (tertiary/aromatic N) is 1. The molecule has 0 saturated heterocycles. The van der Waals surface area contributed by atoms with Gasteiger partial charge in [0.1, 0.15) is 5.75 Å². The zero-order chi connectivity index (χ0) is 13.1. The topological polar surface area (TPSA) is 31.2 Å². The molecule has 0 bridgehead atoms. The van der Waals surface area contributed by atoms with Crippen LogP contribution in [0.15, 0.2) is 45.8 Å². The van der Waals surface area contributed by atoms with E-state index < -0.39 is 0 Å². The maximum Gasteiger partial charge on any atom is 0.250 e. The van der Waals surface area contributed by atoms with Crippen molar-refractivity contribution in [2.24, 2.45) is 0 Å². The summed E-state index contributed by atoms with van der Waals surface area (Å²) in [6.07, 6.45) is 1.84. The van der Waals surface area contributed by atoms with Crippen molar-refractivity contribution in [3.8, 4) is 5.75 Å². The van der Waals surface area contributed by atoms with Gasteiger partial charge in [-0.05, 0) is 52.4 Å². The van der Waals surface area contributed by atoms with Crippen LogP contribution < -0.4 is 10.3 Å². The summed E-state index contributed by atoms with van der Waals surface area (Å²) < 4.78 is 8.87. The highest BCUT2D eigenvalue weighted by molar-refractivity contribution is 14.1. The predicted molar refractivity (Wildman–Crippen MR) is 83.2 cm³/mol. The second kappa shape index (κ2) is 5.88. The van der Waals surface area contributed by atoms with Crippen LogP contribution in [0.1, 0.15) is 5.56 Å². The minimum atomic E-state index is -0.00913. The Morgan fingerprint density at radius 3 is 2.83 bits per heavy atom. The van der Waals surface area contributed by atoms with Gasteiger partial charge in [-0.2, -0.15) is 0 Å². The Hall–Kier alpha value is -0.820. The van der Waals surface area contributed by atoms with E-state index in [2.05, 4.69) is 38.5 Å². The molecule has 1 aromatic heterocycles. The van der Waals surface area contributed by atoms with Gasteiger partial charge < -0.3 is 9.30 Å². The van der Waals surface area contributed by atoms with Crippen LogP contribution in [0.3, 0.4) is 0 Å². The van der Waals surface area contributed by atoms with Crippen LogP contribution >= 0.6 is 38.5 Å². The number of ether oxygens (including phenoxy) is 1. The standard InChI is InChI=1S/C13H11BrINO2/c1-18-11-3-4-12(14)9(6-11)7-16-8-10(15)2-5-13(16)17/h2-6,8H,7H2,1H3. The summed E-state index contributed by atoms with van der Waals surface area (Å²) in [7, 11) is 1.63. The molecule has 0 aliphatic heterocycles. The van der Waals surface area contributed by atoms with Gasteiger partial charge in [0.15, 0.2) is 0 Å². The fourth-order valence-corrected chi connectivity index (χ4v) is 2.50. The van der Waals surface area contributed by atoms with Gasteiger partial charge in [-0.3, -0.25) is 4.79 Å². The third-order valence-corrected chi connectivity index (χ3v) is 3.95. The van der Waals surface area contributed by atoms with Crippen molar-refractivity contribution in [1.29, 1.82) is 0 Å². The van der Waals surface area contributed by atoms with Crippen LogP contribution in [0.5, 0.6) is 5.75 Å². The van der Waals surface area contributed by atoms with E-state index in [1.807, 2.05) is 24.4 Å². The first-order valence-electron chi connectivity index (χ1n) is 5.28. The molecule has 0 amide bonds. The quantitative estimate of drug-likeness (QED) is 0.715. The molecule has 0 radical (unpaired) electrons. The van der Waals surface area contributed by atoms with Crippen LogP contribution in [-0.4, -0.2) is 11.7 Å². The summed E-state index contributed by atoms with van der Waals surface area (Å²) >= 11 is 5.68. The Morgan fingerprint density at radius 1 is 1.33 bits per heavy atom. The van der Waals surface area contributed by atoms with Gasteiger partial charge in [-0.25, -0.2) is 0 Å². The van der Waals surface area contributed by atoms with E-state index in [4.69, 9.17) is 4.74 Å². The number of hydrogen-bond donors (Lipinski definition) is 0. The van der Waals surface area contributed by atoms with E-state index in [1.54, 1.807) is 23.8 Å². The fraction of sp³-hybridized carbons (Fsp3) is 0.154. The highest BCUT2D eigenvalue weighted by atomic mass is 127. The lowest BCUT2D eigenvalue weighted by molar-refractivity contribution is 0.414. The number of aromatic nitrogens is 1. The average molecular weight is 420 g/mol. The number of halogens is 2. The monoisotopic (exact) mass is 419 g/mol. The van der Waals surface area contributed by atoms with E-state index in [9.17, 15) is 4.79 Å². The molecule has 0 atom stereocenters. The molecule has 0 N–H and O–H groups in total. The Bertz CT molecular complexity index is 625. The molecule has 0 aliphatic rings. The van der Waals surface area contributed by atoms with Gasteiger partial charge in [0.2, 0.25) is 0 Å². The largest absolute Gasteiger partial charge is 0.497 e. The molecule has 1 aromatic carbocycles. The highest BCUT2D eigenvalue weighted by Crippen LogP contribution is 2.23. The fourth-order valence-electron chi connectivity index (χ4n) is 1.61. The Labute approximate surface area is 127 Å². The smallest absolute Gasteiger partial charge is 0.250 e. The molecule has 0 saturated carbocycles. The maximum atomic E-state index is 11.8. The molecule has 94 valence electrons. The van der Waals surface area contributed by atoms with Crippen molar-refractivity contribution in [2.45, 2.75) is 6.54 Å². The second-order valence-electron chi connectivity index (χ2n) is 3.77. The third kappa shape index (κ3) is 3.14. The molecule has 3 nitrogen and oxygen atoms in total. The van der Waals surface area contributed by atoms with E-state index in [0.717, 1.165) is 19.4 Å². The molecular formula is C13H11BrINO2. The first kappa shape index (κ1) is 13.6. The van der Waals surface area contributed by atoms with Gasteiger partial charge >= 0.3 is 0 Å². The van der Waals surface area contributed by atoms with Crippen molar-refractivity contribution in [1.82, 2.24) is 4.57 Å². The van der Waals surface area contributed by atoms with Crippen LogP contribution in [0.25, 0.3) is 0 Å². The molecular weight excluding hydrogens is 409 g/mol. The number of methoxy groups -OCH3 is 1. The Morgan fingerprint density at radius 2 is 2.11 bits per heavy atom. The Balaban J connectivity index is 2.39. The van der Waals surface area contributed by atoms with Crippen LogP contribution in [-0.2, 0) is 6.54 Å². The molecule has 2 rings (SSSR count). The van der Waals surface area contributed by atoms with Crippen molar-refractivity contribution in [3.63, 3.8) is 0 Å².